The van der Waals surface area contributed by atoms with Gasteiger partial charge in [0.2, 0.25) is 5.91 Å². The number of aliphatic carboxylic acids is 1. The Morgan fingerprint density at radius 1 is 1.43 bits per heavy atom. The largest absolute Gasteiger partial charge is 0.481 e. The molecule has 1 saturated heterocycles. The second-order valence-electron chi connectivity index (χ2n) is 3.62. The maximum Gasteiger partial charge on any atom is 0.304 e. The Labute approximate surface area is 83.3 Å². The third-order valence-corrected chi connectivity index (χ3v) is 2.32. The van der Waals surface area contributed by atoms with Gasteiger partial charge in [0.1, 0.15) is 0 Å². The van der Waals surface area contributed by atoms with Crippen molar-refractivity contribution in [1.82, 2.24) is 9.80 Å². The number of carbonyl (C=O) groups excluding carboxylic acids is 1. The number of hydrogen-bond donors (Lipinski definition) is 1. The SMILES string of the molecule is CN(CCC(=O)O)CC(=O)N1CCC1. The first-order valence-corrected chi connectivity index (χ1v) is 4.77. The second-order valence-corrected chi connectivity index (χ2v) is 3.62. The minimum Gasteiger partial charge on any atom is -0.481 e. The molecule has 1 amide bonds. The highest BCUT2D eigenvalue weighted by molar-refractivity contribution is 5.79. The van der Waals surface area contributed by atoms with Crippen molar-refractivity contribution in [3.05, 3.63) is 0 Å². The van der Waals surface area contributed by atoms with Crippen LogP contribution in [-0.4, -0.2) is 60.0 Å². The normalized spacial score (nSPS) is 15.4. The van der Waals surface area contributed by atoms with E-state index in [9.17, 15) is 9.59 Å². The zero-order chi connectivity index (χ0) is 10.6. The average molecular weight is 200 g/mol. The minimum atomic E-state index is -0.826. The van der Waals surface area contributed by atoms with Crippen LogP contribution < -0.4 is 0 Å². The summed E-state index contributed by atoms with van der Waals surface area (Å²) in [6.45, 7) is 2.46. The predicted octanol–water partition coefficient (Wildman–Crippen LogP) is -0.375. The van der Waals surface area contributed by atoms with Crippen LogP contribution in [0.5, 0.6) is 0 Å². The first-order chi connectivity index (χ1) is 6.59. The van der Waals surface area contributed by atoms with Gasteiger partial charge in [0.05, 0.1) is 13.0 Å². The van der Waals surface area contributed by atoms with Gasteiger partial charge in [-0.15, -0.1) is 0 Å². The summed E-state index contributed by atoms with van der Waals surface area (Å²) in [7, 11) is 1.76. The van der Waals surface area contributed by atoms with Crippen LogP contribution in [-0.2, 0) is 9.59 Å². The van der Waals surface area contributed by atoms with Gasteiger partial charge in [-0.1, -0.05) is 0 Å². The van der Waals surface area contributed by atoms with Gasteiger partial charge in [0.15, 0.2) is 0 Å². The molecule has 1 aliphatic rings. The molecule has 0 aliphatic carbocycles. The summed E-state index contributed by atoms with van der Waals surface area (Å²) in [4.78, 5) is 25.2. The first kappa shape index (κ1) is 11.0. The lowest BCUT2D eigenvalue weighted by Crippen LogP contribution is -2.46. The van der Waals surface area contributed by atoms with Gasteiger partial charge in [-0.25, -0.2) is 0 Å². The number of likely N-dealkylation sites (tertiary alicyclic amines) is 1. The number of rotatable bonds is 5. The first-order valence-electron chi connectivity index (χ1n) is 4.77. The monoisotopic (exact) mass is 200 g/mol. The Morgan fingerprint density at radius 2 is 2.07 bits per heavy atom. The van der Waals surface area contributed by atoms with Crippen LogP contribution in [0.3, 0.4) is 0 Å². The van der Waals surface area contributed by atoms with Crippen LogP contribution in [0.2, 0.25) is 0 Å². The lowest BCUT2D eigenvalue weighted by atomic mass is 10.2. The Morgan fingerprint density at radius 3 is 2.50 bits per heavy atom. The van der Waals surface area contributed by atoms with E-state index in [0.717, 1.165) is 19.5 Å². The lowest BCUT2D eigenvalue weighted by molar-refractivity contribution is -0.139. The molecule has 0 atom stereocenters. The topological polar surface area (TPSA) is 60.9 Å². The lowest BCUT2D eigenvalue weighted by Gasteiger charge is -2.32. The molecule has 0 saturated carbocycles. The van der Waals surface area contributed by atoms with Gasteiger partial charge < -0.3 is 10.0 Å². The number of carboxylic acid groups (broad SMARTS) is 1. The zero-order valence-corrected chi connectivity index (χ0v) is 8.40. The number of hydrogen-bond acceptors (Lipinski definition) is 3. The molecule has 0 bridgehead atoms. The average Bonchev–Trinajstić information content (AvgIpc) is 1.97. The Bertz CT molecular complexity index is 226. The van der Waals surface area contributed by atoms with Crippen molar-refractivity contribution < 1.29 is 14.7 Å². The highest BCUT2D eigenvalue weighted by Crippen LogP contribution is 2.06. The third kappa shape index (κ3) is 3.33. The molecule has 1 heterocycles. The molecule has 1 N–H and O–H groups in total. The summed E-state index contributed by atoms with van der Waals surface area (Å²) in [5, 5.41) is 8.44. The molecule has 1 aliphatic heterocycles. The van der Waals surface area contributed by atoms with Gasteiger partial charge in [0, 0.05) is 19.6 Å². The van der Waals surface area contributed by atoms with Crippen LogP contribution in [0.1, 0.15) is 12.8 Å². The quantitative estimate of drug-likeness (QED) is 0.657. The van der Waals surface area contributed by atoms with Crippen molar-refractivity contribution in [1.29, 1.82) is 0 Å². The molecule has 0 unspecified atom stereocenters. The van der Waals surface area contributed by atoms with Gasteiger partial charge >= 0.3 is 5.97 Å². The van der Waals surface area contributed by atoms with Crippen LogP contribution in [0.4, 0.5) is 0 Å². The maximum absolute atomic E-state index is 11.4. The van der Waals surface area contributed by atoms with E-state index in [1.54, 1.807) is 16.8 Å². The highest BCUT2D eigenvalue weighted by atomic mass is 16.4. The van der Waals surface area contributed by atoms with E-state index in [-0.39, 0.29) is 12.3 Å². The van der Waals surface area contributed by atoms with E-state index in [1.165, 1.54) is 0 Å². The van der Waals surface area contributed by atoms with E-state index in [1.807, 2.05) is 0 Å². The van der Waals surface area contributed by atoms with Crippen molar-refractivity contribution in [3.63, 3.8) is 0 Å². The van der Waals surface area contributed by atoms with Gasteiger partial charge in [0.25, 0.3) is 0 Å². The van der Waals surface area contributed by atoms with Crippen molar-refractivity contribution in [3.8, 4) is 0 Å². The molecule has 0 aromatic carbocycles. The highest BCUT2D eigenvalue weighted by Gasteiger charge is 2.20. The molecule has 0 radical (unpaired) electrons. The zero-order valence-electron chi connectivity index (χ0n) is 8.40. The number of nitrogens with zero attached hydrogens (tertiary/aromatic N) is 2. The van der Waals surface area contributed by atoms with Crippen LogP contribution in [0.15, 0.2) is 0 Å². The van der Waals surface area contributed by atoms with E-state index >= 15 is 0 Å². The molecule has 0 spiro atoms. The molecular weight excluding hydrogens is 184 g/mol. The maximum atomic E-state index is 11.4. The molecule has 0 aromatic heterocycles. The number of carbonyl (C=O) groups is 2. The van der Waals surface area contributed by atoms with E-state index in [0.29, 0.717) is 13.1 Å². The third-order valence-electron chi connectivity index (χ3n) is 2.32. The standard InChI is InChI=1S/C9H16N2O3/c1-10(6-3-9(13)14)7-8(12)11-4-2-5-11/h2-7H2,1H3,(H,13,14). The molecule has 80 valence electrons. The fourth-order valence-electron chi connectivity index (χ4n) is 1.26. The Hall–Kier alpha value is -1.10. The van der Waals surface area contributed by atoms with Crippen molar-refractivity contribution in [2.75, 3.05) is 33.2 Å². The second kappa shape index (κ2) is 4.95. The number of likely N-dealkylation sites (N-methyl/N-ethyl adjacent to an activating group) is 1. The van der Waals surface area contributed by atoms with E-state index in [4.69, 9.17) is 5.11 Å². The number of amides is 1. The summed E-state index contributed by atoms with van der Waals surface area (Å²) in [6.07, 6.45) is 1.17. The van der Waals surface area contributed by atoms with Crippen molar-refractivity contribution in [2.24, 2.45) is 0 Å². The van der Waals surface area contributed by atoms with Crippen LogP contribution in [0.25, 0.3) is 0 Å². The van der Waals surface area contributed by atoms with Gasteiger partial charge in [-0.3, -0.25) is 14.5 Å². The summed E-state index contributed by atoms with van der Waals surface area (Å²) < 4.78 is 0. The fraction of sp³-hybridized carbons (Fsp3) is 0.778. The Balaban J connectivity index is 2.15. The minimum absolute atomic E-state index is 0.0871. The van der Waals surface area contributed by atoms with Crippen molar-refractivity contribution >= 4 is 11.9 Å². The molecule has 14 heavy (non-hydrogen) atoms. The summed E-state index contributed by atoms with van der Waals surface area (Å²) in [5.74, 6) is -0.725. The predicted molar refractivity (Wildman–Crippen MR) is 50.9 cm³/mol. The molecule has 1 rings (SSSR count). The van der Waals surface area contributed by atoms with Gasteiger partial charge in [-0.2, -0.15) is 0 Å². The fourth-order valence-corrected chi connectivity index (χ4v) is 1.26. The summed E-state index contributed by atoms with van der Waals surface area (Å²) in [5.41, 5.74) is 0. The van der Waals surface area contributed by atoms with Crippen LogP contribution in [0, 0.1) is 0 Å². The van der Waals surface area contributed by atoms with Crippen molar-refractivity contribution in [2.45, 2.75) is 12.8 Å². The molecule has 5 nitrogen and oxygen atoms in total. The Kier molecular flexibility index (Phi) is 3.88. The summed E-state index contributed by atoms with van der Waals surface area (Å²) >= 11 is 0. The summed E-state index contributed by atoms with van der Waals surface area (Å²) in [6, 6.07) is 0. The molecular formula is C9H16N2O3. The molecule has 1 fully saturated rings. The van der Waals surface area contributed by atoms with Crippen LogP contribution >= 0.6 is 0 Å². The van der Waals surface area contributed by atoms with E-state index in [2.05, 4.69) is 0 Å². The number of carboxylic acids is 1. The van der Waals surface area contributed by atoms with Gasteiger partial charge in [-0.05, 0) is 13.5 Å². The smallest absolute Gasteiger partial charge is 0.304 e. The molecule has 0 aromatic rings. The van der Waals surface area contributed by atoms with E-state index < -0.39 is 5.97 Å². The molecule has 5 heteroatoms.